The molecule has 2 heterocycles. The summed E-state index contributed by atoms with van der Waals surface area (Å²) in [5, 5.41) is 2.89. The van der Waals surface area contributed by atoms with E-state index in [0.717, 1.165) is 46.9 Å². The highest BCUT2D eigenvalue weighted by molar-refractivity contribution is 5.95. The van der Waals surface area contributed by atoms with E-state index in [9.17, 15) is 4.79 Å². The summed E-state index contributed by atoms with van der Waals surface area (Å²) in [4.78, 5) is 17.2. The molecule has 3 N–H and O–H groups in total. The van der Waals surface area contributed by atoms with Crippen molar-refractivity contribution in [1.82, 2.24) is 9.55 Å². The summed E-state index contributed by atoms with van der Waals surface area (Å²) in [7, 11) is 0. The molecule has 1 aromatic heterocycles. The number of amides is 1. The molecule has 1 atom stereocenters. The lowest BCUT2D eigenvalue weighted by Gasteiger charge is -2.13. The van der Waals surface area contributed by atoms with Crippen LogP contribution in [0, 0.1) is 6.92 Å². The molecule has 1 unspecified atom stereocenters. The fourth-order valence-corrected chi connectivity index (χ4v) is 3.42. The quantitative estimate of drug-likeness (QED) is 0.742. The minimum absolute atomic E-state index is 0.218. The predicted octanol–water partition coefficient (Wildman–Crippen LogP) is 3.83. The molecule has 4 rings (SSSR count). The Hall–Kier alpha value is -2.92. The number of fused-ring (bicyclic) bond motifs is 1. The average Bonchev–Trinajstić information content (AvgIpc) is 3.13. The van der Waals surface area contributed by atoms with Crippen LogP contribution in [0.5, 0.6) is 0 Å². The minimum Gasteiger partial charge on any atom is -0.334 e. The van der Waals surface area contributed by atoms with Gasteiger partial charge in [0.05, 0.1) is 5.69 Å². The number of aryl methyl sites for hydroxylation is 3. The van der Waals surface area contributed by atoms with Crippen molar-refractivity contribution in [3.8, 4) is 11.3 Å². The Morgan fingerprint density at radius 2 is 1.85 bits per heavy atom. The number of carbonyl (C=O) groups is 1. The van der Waals surface area contributed by atoms with Gasteiger partial charge in [0.1, 0.15) is 11.9 Å². The maximum absolute atomic E-state index is 12.4. The first kappa shape index (κ1) is 17.5. The van der Waals surface area contributed by atoms with E-state index in [2.05, 4.69) is 16.1 Å². The van der Waals surface area contributed by atoms with Gasteiger partial charge in [-0.25, -0.2) is 4.98 Å². The second-order valence-corrected chi connectivity index (χ2v) is 7.15. The minimum atomic E-state index is -0.690. The Morgan fingerprint density at radius 1 is 1.11 bits per heavy atom. The number of anilines is 1. The van der Waals surface area contributed by atoms with E-state index in [-0.39, 0.29) is 5.91 Å². The number of nitrogens with zero attached hydrogens (tertiary/aromatic N) is 2. The summed E-state index contributed by atoms with van der Waals surface area (Å²) >= 11 is 0. The van der Waals surface area contributed by atoms with Gasteiger partial charge >= 0.3 is 0 Å². The van der Waals surface area contributed by atoms with Gasteiger partial charge in [-0.3, -0.25) is 4.79 Å². The van der Waals surface area contributed by atoms with Gasteiger partial charge in [-0.05, 0) is 37.5 Å². The Kier molecular flexibility index (Phi) is 4.77. The lowest BCUT2D eigenvalue weighted by Crippen LogP contribution is -2.27. The lowest BCUT2D eigenvalue weighted by atomic mass is 10.1. The van der Waals surface area contributed by atoms with Crippen LogP contribution >= 0.6 is 0 Å². The first-order chi connectivity index (χ1) is 13.1. The van der Waals surface area contributed by atoms with Crippen molar-refractivity contribution >= 4 is 11.6 Å². The number of nitrogens with two attached hydrogens (primary N) is 1. The number of imidazole rings is 1. The largest absolute Gasteiger partial charge is 0.334 e. The summed E-state index contributed by atoms with van der Waals surface area (Å²) < 4.78 is 2.25. The summed E-state index contributed by atoms with van der Waals surface area (Å²) in [6.07, 6.45) is 5.60. The molecule has 1 aliphatic rings. The molecule has 138 valence electrons. The molecule has 27 heavy (non-hydrogen) atoms. The molecule has 0 bridgehead atoms. The summed E-state index contributed by atoms with van der Waals surface area (Å²) in [6, 6.07) is 14.8. The summed E-state index contributed by atoms with van der Waals surface area (Å²) in [5.41, 5.74) is 10.8. The maximum atomic E-state index is 12.4. The molecule has 1 aliphatic heterocycles. The molecule has 5 nitrogen and oxygen atoms in total. The van der Waals surface area contributed by atoms with Crippen molar-refractivity contribution in [1.29, 1.82) is 0 Å². The van der Waals surface area contributed by atoms with Gasteiger partial charge in [-0.1, -0.05) is 42.0 Å². The summed E-state index contributed by atoms with van der Waals surface area (Å²) in [5.74, 6) is 0.946. The van der Waals surface area contributed by atoms with Crippen LogP contribution < -0.4 is 11.1 Å². The Labute approximate surface area is 159 Å². The van der Waals surface area contributed by atoms with Crippen LogP contribution in [0.25, 0.3) is 11.3 Å². The second-order valence-electron chi connectivity index (χ2n) is 7.15. The standard InChI is InChI=1S/C22H24N4O/c1-15-5-7-17(8-6-15)21(23)22(27)24-18-11-9-16(10-12-18)19-14-26-13-3-2-4-20(26)25-19/h5-12,14,21H,2-4,13,23H2,1H3,(H,24,27). The third kappa shape index (κ3) is 3.78. The van der Waals surface area contributed by atoms with Crippen LogP contribution in [0.4, 0.5) is 5.69 Å². The molecule has 0 aliphatic carbocycles. The number of aromatic nitrogens is 2. The number of carbonyl (C=O) groups excluding carboxylic acids is 1. The highest BCUT2D eigenvalue weighted by Gasteiger charge is 2.16. The van der Waals surface area contributed by atoms with Crippen LogP contribution in [-0.4, -0.2) is 15.5 Å². The molecular weight excluding hydrogens is 336 g/mol. The average molecular weight is 360 g/mol. The van der Waals surface area contributed by atoms with E-state index >= 15 is 0 Å². The number of hydrogen-bond donors (Lipinski definition) is 2. The van der Waals surface area contributed by atoms with E-state index in [4.69, 9.17) is 10.7 Å². The van der Waals surface area contributed by atoms with Gasteiger partial charge in [0.25, 0.3) is 0 Å². The van der Waals surface area contributed by atoms with Crippen molar-refractivity contribution < 1.29 is 4.79 Å². The van der Waals surface area contributed by atoms with E-state index < -0.39 is 6.04 Å². The molecular formula is C22H24N4O. The van der Waals surface area contributed by atoms with Crippen molar-refractivity contribution in [3.63, 3.8) is 0 Å². The van der Waals surface area contributed by atoms with E-state index in [1.165, 1.54) is 12.8 Å². The zero-order chi connectivity index (χ0) is 18.8. The molecule has 0 spiro atoms. The summed E-state index contributed by atoms with van der Waals surface area (Å²) in [6.45, 7) is 3.06. The second kappa shape index (κ2) is 7.37. The molecule has 0 saturated carbocycles. The highest BCUT2D eigenvalue weighted by atomic mass is 16.2. The van der Waals surface area contributed by atoms with Gasteiger partial charge in [0.2, 0.25) is 5.91 Å². The van der Waals surface area contributed by atoms with Crippen LogP contribution in [-0.2, 0) is 17.8 Å². The Morgan fingerprint density at radius 3 is 2.56 bits per heavy atom. The van der Waals surface area contributed by atoms with Crippen molar-refractivity contribution in [2.24, 2.45) is 5.73 Å². The topological polar surface area (TPSA) is 72.9 Å². The third-order valence-corrected chi connectivity index (χ3v) is 5.08. The van der Waals surface area contributed by atoms with Crippen LogP contribution in [0.1, 0.15) is 35.8 Å². The third-order valence-electron chi connectivity index (χ3n) is 5.08. The van der Waals surface area contributed by atoms with Gasteiger partial charge in [0.15, 0.2) is 0 Å². The van der Waals surface area contributed by atoms with E-state index in [1.54, 1.807) is 0 Å². The fraction of sp³-hybridized carbons (Fsp3) is 0.273. The van der Waals surface area contributed by atoms with Gasteiger partial charge in [-0.15, -0.1) is 0 Å². The molecule has 3 aromatic rings. The lowest BCUT2D eigenvalue weighted by molar-refractivity contribution is -0.117. The number of benzene rings is 2. The number of hydrogen-bond acceptors (Lipinski definition) is 3. The molecule has 0 saturated heterocycles. The Balaban J connectivity index is 1.45. The molecule has 5 heteroatoms. The maximum Gasteiger partial charge on any atom is 0.245 e. The predicted molar refractivity (Wildman–Crippen MR) is 107 cm³/mol. The number of rotatable bonds is 4. The first-order valence-electron chi connectivity index (χ1n) is 9.40. The number of nitrogens with one attached hydrogen (secondary N) is 1. The zero-order valence-corrected chi connectivity index (χ0v) is 15.5. The van der Waals surface area contributed by atoms with Crippen molar-refractivity contribution in [2.75, 3.05) is 5.32 Å². The SMILES string of the molecule is Cc1ccc(C(N)C(=O)Nc2ccc(-c3cn4c(n3)CCCC4)cc2)cc1. The van der Waals surface area contributed by atoms with Crippen LogP contribution in [0.2, 0.25) is 0 Å². The van der Waals surface area contributed by atoms with Gasteiger partial charge < -0.3 is 15.6 Å². The van der Waals surface area contributed by atoms with Gasteiger partial charge in [-0.2, -0.15) is 0 Å². The van der Waals surface area contributed by atoms with E-state index in [0.29, 0.717) is 0 Å². The molecule has 0 fully saturated rings. The molecule has 0 radical (unpaired) electrons. The first-order valence-corrected chi connectivity index (χ1v) is 9.40. The molecule has 2 aromatic carbocycles. The zero-order valence-electron chi connectivity index (χ0n) is 15.5. The van der Waals surface area contributed by atoms with Crippen molar-refractivity contribution in [3.05, 3.63) is 71.7 Å². The smallest absolute Gasteiger partial charge is 0.245 e. The molecule has 1 amide bonds. The van der Waals surface area contributed by atoms with Crippen LogP contribution in [0.15, 0.2) is 54.7 Å². The highest BCUT2D eigenvalue weighted by Crippen LogP contribution is 2.24. The van der Waals surface area contributed by atoms with Crippen LogP contribution in [0.3, 0.4) is 0 Å². The Bertz CT molecular complexity index is 918. The fourth-order valence-electron chi connectivity index (χ4n) is 3.42. The van der Waals surface area contributed by atoms with Gasteiger partial charge in [0, 0.05) is 30.4 Å². The monoisotopic (exact) mass is 360 g/mol. The normalized spacial score (nSPS) is 14.4. The van der Waals surface area contributed by atoms with Crippen molar-refractivity contribution in [2.45, 2.75) is 38.8 Å². The van der Waals surface area contributed by atoms with E-state index in [1.807, 2.05) is 55.5 Å².